The summed E-state index contributed by atoms with van der Waals surface area (Å²) in [6, 6.07) is 15.6. The molecule has 4 rings (SSSR count). The summed E-state index contributed by atoms with van der Waals surface area (Å²) >= 11 is 1.32. The number of furan rings is 1. The Bertz CT molecular complexity index is 998. The molecule has 1 saturated heterocycles. The molecule has 0 unspecified atom stereocenters. The molecule has 1 aromatic carbocycles. The van der Waals surface area contributed by atoms with Gasteiger partial charge in [-0.3, -0.25) is 14.5 Å². The molecule has 1 N–H and O–H groups in total. The monoisotopic (exact) mass is 423 g/mol. The molecule has 3 aromatic rings. The molecule has 0 atom stereocenters. The fourth-order valence-corrected chi connectivity index (χ4v) is 4.69. The van der Waals surface area contributed by atoms with Gasteiger partial charge in [-0.25, -0.2) is 0 Å². The Kier molecular flexibility index (Phi) is 6.30. The van der Waals surface area contributed by atoms with Gasteiger partial charge in [0.05, 0.1) is 16.1 Å². The minimum Gasteiger partial charge on any atom is -0.459 e. The van der Waals surface area contributed by atoms with E-state index in [1.54, 1.807) is 12.1 Å². The molecule has 3 heterocycles. The summed E-state index contributed by atoms with van der Waals surface area (Å²) in [4.78, 5) is 30.4. The van der Waals surface area contributed by atoms with Crippen LogP contribution in [-0.4, -0.2) is 47.8 Å². The Morgan fingerprint density at radius 1 is 1.07 bits per heavy atom. The van der Waals surface area contributed by atoms with E-state index in [-0.39, 0.29) is 17.6 Å². The number of hydrogen-bond donors (Lipinski definition) is 1. The maximum Gasteiger partial charge on any atom is 0.291 e. The van der Waals surface area contributed by atoms with Crippen LogP contribution in [0.5, 0.6) is 0 Å². The predicted octanol–water partition coefficient (Wildman–Crippen LogP) is 4.25. The van der Waals surface area contributed by atoms with E-state index >= 15 is 0 Å². The molecule has 7 heteroatoms. The number of thiophene rings is 1. The first-order valence-electron chi connectivity index (χ1n) is 10.1. The van der Waals surface area contributed by atoms with Crippen molar-refractivity contribution in [2.24, 2.45) is 0 Å². The Hall–Kier alpha value is -2.90. The number of anilines is 1. The fraction of sp³-hybridized carbons (Fsp3) is 0.304. The first-order valence-corrected chi connectivity index (χ1v) is 10.9. The second-order valence-electron chi connectivity index (χ2n) is 7.46. The lowest BCUT2D eigenvalue weighted by molar-refractivity contribution is 0.0765. The molecule has 1 aliphatic rings. The molecule has 30 heavy (non-hydrogen) atoms. The van der Waals surface area contributed by atoms with E-state index in [0.29, 0.717) is 16.4 Å². The number of hydrogen-bond acceptors (Lipinski definition) is 5. The van der Waals surface area contributed by atoms with Crippen molar-refractivity contribution in [2.45, 2.75) is 19.9 Å². The van der Waals surface area contributed by atoms with Gasteiger partial charge in [0.15, 0.2) is 5.76 Å². The van der Waals surface area contributed by atoms with Gasteiger partial charge in [0.1, 0.15) is 0 Å². The topological polar surface area (TPSA) is 65.8 Å². The highest BCUT2D eigenvalue weighted by atomic mass is 32.1. The smallest absolute Gasteiger partial charge is 0.291 e. The highest BCUT2D eigenvalue weighted by Gasteiger charge is 2.24. The maximum atomic E-state index is 13.2. The van der Waals surface area contributed by atoms with Crippen molar-refractivity contribution in [1.29, 1.82) is 0 Å². The minimum atomic E-state index is -0.313. The Morgan fingerprint density at radius 2 is 1.90 bits per heavy atom. The van der Waals surface area contributed by atoms with Gasteiger partial charge >= 0.3 is 0 Å². The largest absolute Gasteiger partial charge is 0.459 e. The molecule has 1 aliphatic heterocycles. The summed E-state index contributed by atoms with van der Waals surface area (Å²) in [6.07, 6.45) is 2.41. The highest BCUT2D eigenvalue weighted by molar-refractivity contribution is 7.18. The van der Waals surface area contributed by atoms with Crippen molar-refractivity contribution < 1.29 is 14.0 Å². The molecule has 0 bridgehead atoms. The zero-order valence-corrected chi connectivity index (χ0v) is 17.8. The van der Waals surface area contributed by atoms with Crippen LogP contribution in [0.4, 0.5) is 5.00 Å². The standard InChI is InChI=1S/C23H25N3O3S/c1-17-15-20(24-22(27)19-9-5-14-29-19)30-21(17)23(28)26-11-6-10-25(12-13-26)16-18-7-3-2-4-8-18/h2-5,7-9,14-15H,6,10-13,16H2,1H3,(H,24,27). The molecule has 1 fully saturated rings. The lowest BCUT2D eigenvalue weighted by Crippen LogP contribution is -2.35. The van der Waals surface area contributed by atoms with Gasteiger partial charge in [-0.2, -0.15) is 0 Å². The SMILES string of the molecule is Cc1cc(NC(=O)c2ccco2)sc1C(=O)N1CCCN(Cc2ccccc2)CC1. The third-order valence-corrected chi connectivity index (χ3v) is 6.36. The van der Waals surface area contributed by atoms with E-state index < -0.39 is 0 Å². The lowest BCUT2D eigenvalue weighted by atomic mass is 10.2. The summed E-state index contributed by atoms with van der Waals surface area (Å²) < 4.78 is 5.13. The van der Waals surface area contributed by atoms with Crippen LogP contribution in [-0.2, 0) is 6.54 Å². The predicted molar refractivity (Wildman–Crippen MR) is 118 cm³/mol. The summed E-state index contributed by atoms with van der Waals surface area (Å²) in [5.74, 6) is -0.0240. The third-order valence-electron chi connectivity index (χ3n) is 5.22. The number of carbonyl (C=O) groups excluding carboxylic acids is 2. The first-order chi connectivity index (χ1) is 14.6. The van der Waals surface area contributed by atoms with Crippen LogP contribution in [0.1, 0.15) is 37.8 Å². The number of nitrogens with one attached hydrogen (secondary N) is 1. The highest BCUT2D eigenvalue weighted by Crippen LogP contribution is 2.28. The van der Waals surface area contributed by atoms with Crippen LogP contribution in [0, 0.1) is 6.92 Å². The maximum absolute atomic E-state index is 13.2. The molecule has 2 amide bonds. The van der Waals surface area contributed by atoms with Crippen LogP contribution in [0.25, 0.3) is 0 Å². The number of rotatable bonds is 5. The zero-order chi connectivity index (χ0) is 20.9. The quantitative estimate of drug-likeness (QED) is 0.666. The molecular formula is C23H25N3O3S. The Morgan fingerprint density at radius 3 is 2.67 bits per heavy atom. The zero-order valence-electron chi connectivity index (χ0n) is 17.0. The van der Waals surface area contributed by atoms with Crippen LogP contribution < -0.4 is 5.32 Å². The van der Waals surface area contributed by atoms with Gasteiger partial charge in [0, 0.05) is 32.7 Å². The van der Waals surface area contributed by atoms with Crippen molar-refractivity contribution in [1.82, 2.24) is 9.80 Å². The average molecular weight is 424 g/mol. The fourth-order valence-electron chi connectivity index (χ4n) is 3.65. The van der Waals surface area contributed by atoms with Gasteiger partial charge in [0.25, 0.3) is 11.8 Å². The summed E-state index contributed by atoms with van der Waals surface area (Å²) in [5.41, 5.74) is 2.17. The summed E-state index contributed by atoms with van der Waals surface area (Å²) in [7, 11) is 0. The van der Waals surface area contributed by atoms with E-state index in [2.05, 4.69) is 34.5 Å². The second-order valence-corrected chi connectivity index (χ2v) is 8.51. The van der Waals surface area contributed by atoms with Gasteiger partial charge in [-0.1, -0.05) is 30.3 Å². The van der Waals surface area contributed by atoms with Crippen molar-refractivity contribution in [3.05, 3.63) is 76.6 Å². The van der Waals surface area contributed by atoms with Crippen LogP contribution in [0.15, 0.2) is 59.2 Å². The molecule has 6 nitrogen and oxygen atoms in total. The van der Waals surface area contributed by atoms with Gasteiger partial charge < -0.3 is 14.6 Å². The lowest BCUT2D eigenvalue weighted by Gasteiger charge is -2.22. The van der Waals surface area contributed by atoms with E-state index in [1.807, 2.05) is 24.0 Å². The minimum absolute atomic E-state index is 0.0394. The van der Waals surface area contributed by atoms with Crippen molar-refractivity contribution in [3.8, 4) is 0 Å². The van der Waals surface area contributed by atoms with Crippen molar-refractivity contribution in [3.63, 3.8) is 0 Å². The summed E-state index contributed by atoms with van der Waals surface area (Å²) in [5, 5.41) is 3.47. The molecule has 156 valence electrons. The third kappa shape index (κ3) is 4.80. The van der Waals surface area contributed by atoms with Gasteiger partial charge in [-0.05, 0) is 42.7 Å². The molecule has 0 radical (unpaired) electrons. The van der Waals surface area contributed by atoms with E-state index in [0.717, 1.165) is 38.2 Å². The van der Waals surface area contributed by atoms with Crippen LogP contribution in [0.3, 0.4) is 0 Å². The van der Waals surface area contributed by atoms with Gasteiger partial charge in [0.2, 0.25) is 0 Å². The first kappa shape index (κ1) is 20.4. The van der Waals surface area contributed by atoms with Gasteiger partial charge in [-0.15, -0.1) is 11.3 Å². The number of benzene rings is 1. The Labute approximate surface area is 180 Å². The average Bonchev–Trinajstić information content (AvgIpc) is 3.34. The van der Waals surface area contributed by atoms with E-state index in [4.69, 9.17) is 4.42 Å². The van der Waals surface area contributed by atoms with Crippen molar-refractivity contribution >= 4 is 28.2 Å². The molecule has 0 spiro atoms. The number of carbonyl (C=O) groups is 2. The molecule has 2 aromatic heterocycles. The molecular weight excluding hydrogens is 398 g/mol. The van der Waals surface area contributed by atoms with E-state index in [1.165, 1.54) is 23.2 Å². The van der Waals surface area contributed by atoms with Crippen LogP contribution in [0.2, 0.25) is 0 Å². The normalized spacial score (nSPS) is 15.0. The number of amides is 2. The Balaban J connectivity index is 1.38. The van der Waals surface area contributed by atoms with Crippen molar-refractivity contribution in [2.75, 3.05) is 31.5 Å². The molecule has 0 aliphatic carbocycles. The van der Waals surface area contributed by atoms with E-state index in [9.17, 15) is 9.59 Å². The number of aryl methyl sites for hydroxylation is 1. The van der Waals surface area contributed by atoms with Crippen LogP contribution >= 0.6 is 11.3 Å². The molecule has 0 saturated carbocycles. The second kappa shape index (κ2) is 9.28. The summed E-state index contributed by atoms with van der Waals surface area (Å²) in [6.45, 7) is 6.10. The number of nitrogens with zero attached hydrogens (tertiary/aromatic N) is 2.